The van der Waals surface area contributed by atoms with E-state index in [1.54, 1.807) is 6.92 Å². The zero-order valence-electron chi connectivity index (χ0n) is 19.5. The number of carboxylic acids is 1. The van der Waals surface area contributed by atoms with Gasteiger partial charge < -0.3 is 15.7 Å². The average molecular weight is 474 g/mol. The van der Waals surface area contributed by atoms with Crippen LogP contribution in [0.2, 0.25) is 0 Å². The van der Waals surface area contributed by atoms with Crippen LogP contribution in [0.1, 0.15) is 83.0 Å². The number of aromatic carboxylic acids is 1. The van der Waals surface area contributed by atoms with Crippen molar-refractivity contribution in [2.24, 2.45) is 0 Å². The number of benzene rings is 1. The van der Waals surface area contributed by atoms with Crippen LogP contribution in [0.25, 0.3) is 0 Å². The van der Waals surface area contributed by atoms with E-state index in [-0.39, 0.29) is 16.5 Å². The summed E-state index contributed by atoms with van der Waals surface area (Å²) in [5.74, 6) is -1.49. The van der Waals surface area contributed by atoms with Crippen molar-refractivity contribution in [3.05, 3.63) is 51.9 Å². The summed E-state index contributed by atoms with van der Waals surface area (Å²) in [7, 11) is 0. The Morgan fingerprint density at radius 2 is 1.58 bits per heavy atom. The maximum atomic E-state index is 12.6. The summed E-state index contributed by atoms with van der Waals surface area (Å²) in [6, 6.07) is 9.55. The van der Waals surface area contributed by atoms with Crippen molar-refractivity contribution in [2.45, 2.75) is 65.2 Å². The third-order valence-corrected chi connectivity index (χ3v) is 6.59. The summed E-state index contributed by atoms with van der Waals surface area (Å²) in [4.78, 5) is 37.0. The smallest absolute Gasteiger partial charge is 0.339 e. The number of unbranched alkanes of at least 4 members (excludes halogenated alkanes) is 5. The molecule has 1 aromatic carbocycles. The largest absolute Gasteiger partial charge is 0.478 e. The molecular weight excluding hydrogens is 438 g/mol. The van der Waals surface area contributed by atoms with Crippen LogP contribution in [0.4, 0.5) is 9.80 Å². The summed E-state index contributed by atoms with van der Waals surface area (Å²) in [5, 5.41) is 18.0. The first kappa shape index (κ1) is 26.4. The highest BCUT2D eigenvalue weighted by Gasteiger charge is 2.25. The molecule has 0 bridgehead atoms. The van der Waals surface area contributed by atoms with E-state index in [2.05, 4.69) is 22.9 Å². The van der Waals surface area contributed by atoms with Gasteiger partial charge in [0, 0.05) is 13.1 Å². The number of thiophene rings is 1. The summed E-state index contributed by atoms with van der Waals surface area (Å²) in [6.07, 6.45) is 8.32. The number of amides is 3. The minimum absolute atomic E-state index is 0.0378. The van der Waals surface area contributed by atoms with Gasteiger partial charge in [0.1, 0.15) is 5.00 Å². The van der Waals surface area contributed by atoms with E-state index in [1.165, 1.54) is 24.8 Å². The van der Waals surface area contributed by atoms with Crippen molar-refractivity contribution in [1.82, 2.24) is 10.6 Å². The third kappa shape index (κ3) is 8.88. The molecule has 0 saturated carbocycles. The van der Waals surface area contributed by atoms with Gasteiger partial charge in [-0.2, -0.15) is 0 Å². The number of hydrogen-bond donors (Lipinski definition) is 4. The second kappa shape index (κ2) is 14.3. The van der Waals surface area contributed by atoms with Gasteiger partial charge in [-0.3, -0.25) is 10.1 Å². The Labute approximate surface area is 200 Å². The Morgan fingerprint density at radius 1 is 0.909 bits per heavy atom. The number of urea groups is 1. The minimum Gasteiger partial charge on any atom is -0.478 e. The van der Waals surface area contributed by atoms with Crippen LogP contribution in [0.5, 0.6) is 0 Å². The molecule has 0 radical (unpaired) electrons. The lowest BCUT2D eigenvalue weighted by Crippen LogP contribution is -2.29. The zero-order valence-corrected chi connectivity index (χ0v) is 20.4. The highest BCUT2D eigenvalue weighted by molar-refractivity contribution is 7.18. The van der Waals surface area contributed by atoms with E-state index in [4.69, 9.17) is 0 Å². The van der Waals surface area contributed by atoms with Gasteiger partial charge >= 0.3 is 12.0 Å². The van der Waals surface area contributed by atoms with Gasteiger partial charge in [-0.05, 0) is 37.3 Å². The maximum absolute atomic E-state index is 12.6. The number of anilines is 1. The fourth-order valence-corrected chi connectivity index (χ4v) is 4.66. The van der Waals surface area contributed by atoms with Crippen LogP contribution < -0.4 is 16.0 Å². The van der Waals surface area contributed by atoms with Crippen LogP contribution in [0.3, 0.4) is 0 Å². The molecule has 0 unspecified atom stereocenters. The van der Waals surface area contributed by atoms with Gasteiger partial charge in [0.15, 0.2) is 0 Å². The van der Waals surface area contributed by atoms with Gasteiger partial charge in [0.25, 0.3) is 5.91 Å². The molecule has 1 heterocycles. The van der Waals surface area contributed by atoms with Crippen LogP contribution in [0, 0.1) is 6.92 Å². The van der Waals surface area contributed by atoms with Crippen molar-refractivity contribution >= 4 is 34.2 Å². The molecule has 0 aliphatic rings. The highest BCUT2D eigenvalue weighted by Crippen LogP contribution is 2.33. The number of carbonyl (C=O) groups excluding carboxylic acids is 2. The van der Waals surface area contributed by atoms with Crippen molar-refractivity contribution in [3.8, 4) is 0 Å². The predicted molar refractivity (Wildman–Crippen MR) is 134 cm³/mol. The second-order valence-electron chi connectivity index (χ2n) is 8.06. The number of rotatable bonds is 14. The first-order chi connectivity index (χ1) is 15.9. The molecule has 3 amide bonds. The Balaban J connectivity index is 1.86. The van der Waals surface area contributed by atoms with Gasteiger partial charge in [0.2, 0.25) is 0 Å². The molecule has 2 aromatic rings. The van der Waals surface area contributed by atoms with E-state index in [0.717, 1.165) is 43.4 Å². The van der Waals surface area contributed by atoms with E-state index in [0.29, 0.717) is 23.5 Å². The molecule has 7 nitrogen and oxygen atoms in total. The highest BCUT2D eigenvalue weighted by atomic mass is 32.1. The molecule has 33 heavy (non-hydrogen) atoms. The number of nitrogens with one attached hydrogen (secondary N) is 3. The predicted octanol–water partition coefficient (Wildman–Crippen LogP) is 5.60. The molecule has 0 spiro atoms. The normalized spacial score (nSPS) is 10.6. The van der Waals surface area contributed by atoms with E-state index in [9.17, 15) is 19.5 Å². The fourth-order valence-electron chi connectivity index (χ4n) is 3.55. The van der Waals surface area contributed by atoms with E-state index < -0.39 is 12.0 Å². The van der Waals surface area contributed by atoms with Gasteiger partial charge in [0.05, 0.1) is 10.4 Å². The van der Waals surface area contributed by atoms with Crippen LogP contribution in [-0.4, -0.2) is 36.1 Å². The van der Waals surface area contributed by atoms with Crippen molar-refractivity contribution in [3.63, 3.8) is 0 Å². The Bertz CT molecular complexity index is 912. The van der Waals surface area contributed by atoms with Crippen molar-refractivity contribution < 1.29 is 19.5 Å². The molecule has 8 heteroatoms. The lowest BCUT2D eigenvalue weighted by atomic mass is 10.1. The lowest BCUT2D eigenvalue weighted by molar-refractivity contribution is 0.0697. The monoisotopic (exact) mass is 473 g/mol. The molecule has 0 saturated heterocycles. The van der Waals surface area contributed by atoms with Crippen LogP contribution in [0.15, 0.2) is 30.3 Å². The first-order valence-electron chi connectivity index (χ1n) is 11.7. The summed E-state index contributed by atoms with van der Waals surface area (Å²) < 4.78 is 0. The molecule has 2 rings (SSSR count). The quantitative estimate of drug-likeness (QED) is 0.268. The van der Waals surface area contributed by atoms with Crippen molar-refractivity contribution in [1.29, 1.82) is 0 Å². The Kier molecular flexibility index (Phi) is 11.4. The summed E-state index contributed by atoms with van der Waals surface area (Å²) >= 11 is 0.993. The minimum atomic E-state index is -1.17. The van der Waals surface area contributed by atoms with Crippen molar-refractivity contribution in [2.75, 3.05) is 18.4 Å². The summed E-state index contributed by atoms with van der Waals surface area (Å²) in [5.41, 5.74) is 1.52. The number of hydrogen-bond acceptors (Lipinski definition) is 4. The Morgan fingerprint density at radius 3 is 2.27 bits per heavy atom. The molecule has 0 atom stereocenters. The SMILES string of the molecule is CCCCCCCCNC(=O)Nc1sc(C(=O)NCCCc2ccccc2)c(C)c1C(=O)O. The van der Waals surface area contributed by atoms with E-state index in [1.807, 2.05) is 30.3 Å². The van der Waals surface area contributed by atoms with Gasteiger partial charge in [-0.1, -0.05) is 69.4 Å². The first-order valence-corrected chi connectivity index (χ1v) is 12.5. The maximum Gasteiger partial charge on any atom is 0.339 e. The van der Waals surface area contributed by atoms with Gasteiger partial charge in [-0.25, -0.2) is 9.59 Å². The number of carbonyl (C=O) groups is 3. The molecule has 1 aromatic heterocycles. The third-order valence-electron chi connectivity index (χ3n) is 5.38. The number of carboxylic acid groups (broad SMARTS) is 1. The molecule has 0 fully saturated rings. The van der Waals surface area contributed by atoms with E-state index >= 15 is 0 Å². The van der Waals surface area contributed by atoms with Gasteiger partial charge in [-0.15, -0.1) is 11.3 Å². The lowest BCUT2D eigenvalue weighted by Gasteiger charge is -2.07. The Hall–Kier alpha value is -2.87. The second-order valence-corrected chi connectivity index (χ2v) is 9.08. The molecular formula is C25H35N3O4S. The number of aryl methyl sites for hydroxylation is 1. The summed E-state index contributed by atoms with van der Waals surface area (Å²) in [6.45, 7) is 4.78. The fraction of sp³-hybridized carbons (Fsp3) is 0.480. The van der Waals surface area contributed by atoms with Crippen LogP contribution in [-0.2, 0) is 6.42 Å². The van der Waals surface area contributed by atoms with Crippen LogP contribution >= 0.6 is 11.3 Å². The average Bonchev–Trinajstić information content (AvgIpc) is 3.12. The zero-order chi connectivity index (χ0) is 24.1. The topological polar surface area (TPSA) is 108 Å². The molecule has 180 valence electrons. The standard InChI is InChI=1S/C25H35N3O4S/c1-3-4-5-6-7-11-16-27-25(32)28-23-20(24(30)31)18(2)21(33-23)22(29)26-17-12-15-19-13-9-8-10-14-19/h8-10,13-14H,3-7,11-12,15-17H2,1-2H3,(H,26,29)(H,30,31)(H2,27,28,32). The molecule has 4 N–H and O–H groups in total. The molecule has 0 aliphatic carbocycles. The molecule has 0 aliphatic heterocycles.